The van der Waals surface area contributed by atoms with Crippen LogP contribution in [0.5, 0.6) is 11.5 Å². The van der Waals surface area contributed by atoms with Gasteiger partial charge >= 0.3 is 0 Å². The Morgan fingerprint density at radius 1 is 0.923 bits per heavy atom. The molecule has 130 valence electrons. The van der Waals surface area contributed by atoms with Gasteiger partial charge in [0.2, 0.25) is 0 Å². The number of fused-ring (bicyclic) bond motifs is 1. The molecule has 0 saturated carbocycles. The number of methoxy groups -OCH3 is 1. The van der Waals surface area contributed by atoms with Gasteiger partial charge in [-0.3, -0.25) is 0 Å². The van der Waals surface area contributed by atoms with Crippen LogP contribution in [0.4, 0.5) is 0 Å². The Kier molecular flexibility index (Phi) is 4.32. The zero-order chi connectivity index (χ0) is 17.9. The number of rotatable bonds is 5. The van der Waals surface area contributed by atoms with Crippen LogP contribution in [0.25, 0.3) is 22.4 Å². The van der Waals surface area contributed by atoms with Crippen molar-refractivity contribution in [1.29, 1.82) is 0 Å². The molecule has 0 amide bonds. The summed E-state index contributed by atoms with van der Waals surface area (Å²) in [6, 6.07) is 22.1. The highest BCUT2D eigenvalue weighted by Crippen LogP contribution is 2.32. The van der Waals surface area contributed by atoms with Crippen LogP contribution in [-0.4, -0.2) is 17.1 Å². The second-order valence-corrected chi connectivity index (χ2v) is 6.25. The van der Waals surface area contributed by atoms with Crippen LogP contribution in [0.3, 0.4) is 0 Å². The lowest BCUT2D eigenvalue weighted by molar-refractivity contribution is 0.284. The first-order valence-corrected chi connectivity index (χ1v) is 8.54. The summed E-state index contributed by atoms with van der Waals surface area (Å²) < 4.78 is 11.5. The number of aryl methyl sites for hydroxylation is 1. The van der Waals surface area contributed by atoms with E-state index in [-0.39, 0.29) is 0 Å². The summed E-state index contributed by atoms with van der Waals surface area (Å²) >= 11 is 0. The molecule has 0 aliphatic carbocycles. The third kappa shape index (κ3) is 3.26. The van der Waals surface area contributed by atoms with Crippen LogP contribution >= 0.6 is 0 Å². The molecule has 3 aromatic carbocycles. The van der Waals surface area contributed by atoms with E-state index in [4.69, 9.17) is 9.47 Å². The van der Waals surface area contributed by atoms with Gasteiger partial charge < -0.3 is 14.5 Å². The van der Waals surface area contributed by atoms with Gasteiger partial charge in [-0.25, -0.2) is 4.98 Å². The number of H-pyrrole nitrogens is 1. The van der Waals surface area contributed by atoms with Gasteiger partial charge in [0.25, 0.3) is 0 Å². The van der Waals surface area contributed by atoms with Crippen molar-refractivity contribution in [2.24, 2.45) is 0 Å². The molecule has 0 fully saturated rings. The number of para-hydroxylation sites is 2. The number of nitrogens with one attached hydrogen (secondary N) is 1. The lowest BCUT2D eigenvalue weighted by atomic mass is 10.1. The Bertz CT molecular complexity index is 1020. The molecule has 0 aliphatic heterocycles. The standard InChI is InChI=1S/C22H20N2O2/c1-15-6-5-7-16(12-15)14-26-20-11-10-17(13-21(20)25-2)22-23-18-8-3-4-9-19(18)24-22/h3-13H,14H2,1-2H3,(H,23,24). The summed E-state index contributed by atoms with van der Waals surface area (Å²) in [7, 11) is 1.65. The molecule has 0 aliphatic rings. The molecule has 0 saturated heterocycles. The number of nitrogens with zero attached hydrogens (tertiary/aromatic N) is 1. The van der Waals surface area contributed by atoms with Crippen LogP contribution in [0.1, 0.15) is 11.1 Å². The van der Waals surface area contributed by atoms with Crippen molar-refractivity contribution in [2.45, 2.75) is 13.5 Å². The Morgan fingerprint density at radius 3 is 2.62 bits per heavy atom. The Morgan fingerprint density at radius 2 is 1.81 bits per heavy atom. The van der Waals surface area contributed by atoms with E-state index < -0.39 is 0 Å². The van der Waals surface area contributed by atoms with Gasteiger partial charge in [0.15, 0.2) is 11.5 Å². The molecule has 0 unspecified atom stereocenters. The number of aromatic nitrogens is 2. The third-order valence-corrected chi connectivity index (χ3v) is 4.30. The molecule has 1 aromatic heterocycles. The first-order chi connectivity index (χ1) is 12.7. The van der Waals surface area contributed by atoms with Crippen LogP contribution in [0, 0.1) is 6.92 Å². The third-order valence-electron chi connectivity index (χ3n) is 4.30. The van der Waals surface area contributed by atoms with E-state index in [0.717, 1.165) is 28.0 Å². The molecule has 0 radical (unpaired) electrons. The summed E-state index contributed by atoms with van der Waals surface area (Å²) in [5.41, 5.74) is 5.27. The second kappa shape index (κ2) is 6.92. The van der Waals surface area contributed by atoms with Gasteiger partial charge in [0, 0.05) is 5.56 Å². The topological polar surface area (TPSA) is 47.1 Å². The molecule has 4 nitrogen and oxygen atoms in total. The normalized spacial score (nSPS) is 10.8. The zero-order valence-electron chi connectivity index (χ0n) is 14.8. The summed E-state index contributed by atoms with van der Waals surface area (Å²) in [4.78, 5) is 7.98. The van der Waals surface area contributed by atoms with Crippen molar-refractivity contribution in [3.63, 3.8) is 0 Å². The van der Waals surface area contributed by atoms with Gasteiger partial charge in [0.05, 0.1) is 18.1 Å². The average molecular weight is 344 g/mol. The van der Waals surface area contributed by atoms with Gasteiger partial charge in [-0.15, -0.1) is 0 Å². The number of benzene rings is 3. The molecule has 0 atom stereocenters. The minimum atomic E-state index is 0.502. The van der Waals surface area contributed by atoms with Crippen molar-refractivity contribution >= 4 is 11.0 Å². The van der Waals surface area contributed by atoms with Gasteiger partial charge in [-0.05, 0) is 42.8 Å². The van der Waals surface area contributed by atoms with E-state index in [1.54, 1.807) is 7.11 Å². The predicted molar refractivity (Wildman–Crippen MR) is 104 cm³/mol. The maximum Gasteiger partial charge on any atom is 0.161 e. The number of hydrogen-bond donors (Lipinski definition) is 1. The summed E-state index contributed by atoms with van der Waals surface area (Å²) in [5.74, 6) is 2.22. The zero-order valence-corrected chi connectivity index (χ0v) is 14.8. The van der Waals surface area contributed by atoms with E-state index in [2.05, 4.69) is 35.1 Å². The summed E-state index contributed by atoms with van der Waals surface area (Å²) in [6.07, 6.45) is 0. The largest absolute Gasteiger partial charge is 0.493 e. The SMILES string of the molecule is COc1cc(-c2nc3ccccc3[nH]2)ccc1OCc1cccc(C)c1. The first kappa shape index (κ1) is 16.2. The number of hydrogen-bond acceptors (Lipinski definition) is 3. The van der Waals surface area contributed by atoms with E-state index >= 15 is 0 Å². The van der Waals surface area contributed by atoms with Crippen LogP contribution in [0.15, 0.2) is 66.7 Å². The van der Waals surface area contributed by atoms with E-state index in [1.165, 1.54) is 5.56 Å². The van der Waals surface area contributed by atoms with Gasteiger partial charge in [-0.1, -0.05) is 42.0 Å². The minimum Gasteiger partial charge on any atom is -0.493 e. The maximum atomic E-state index is 5.96. The monoisotopic (exact) mass is 344 g/mol. The van der Waals surface area contributed by atoms with E-state index in [0.29, 0.717) is 18.1 Å². The van der Waals surface area contributed by atoms with Crippen molar-refractivity contribution in [3.8, 4) is 22.9 Å². The predicted octanol–water partition coefficient (Wildman–Crippen LogP) is 5.13. The molecule has 4 aromatic rings. The summed E-state index contributed by atoms with van der Waals surface area (Å²) in [5, 5.41) is 0. The molecular weight excluding hydrogens is 324 g/mol. The Labute approximate surface area is 152 Å². The van der Waals surface area contributed by atoms with Crippen molar-refractivity contribution < 1.29 is 9.47 Å². The Hall–Kier alpha value is -3.27. The highest BCUT2D eigenvalue weighted by Gasteiger charge is 2.10. The molecule has 1 N–H and O–H groups in total. The highest BCUT2D eigenvalue weighted by atomic mass is 16.5. The number of imidazole rings is 1. The fourth-order valence-corrected chi connectivity index (χ4v) is 2.99. The van der Waals surface area contributed by atoms with E-state index in [1.807, 2.05) is 48.5 Å². The number of aromatic amines is 1. The molecule has 26 heavy (non-hydrogen) atoms. The molecule has 0 bridgehead atoms. The van der Waals surface area contributed by atoms with Crippen molar-refractivity contribution in [3.05, 3.63) is 77.9 Å². The van der Waals surface area contributed by atoms with Crippen LogP contribution in [0.2, 0.25) is 0 Å². The van der Waals surface area contributed by atoms with Gasteiger partial charge in [-0.2, -0.15) is 0 Å². The first-order valence-electron chi connectivity index (χ1n) is 8.54. The second-order valence-electron chi connectivity index (χ2n) is 6.25. The molecule has 0 spiro atoms. The van der Waals surface area contributed by atoms with Crippen molar-refractivity contribution in [2.75, 3.05) is 7.11 Å². The maximum absolute atomic E-state index is 5.96. The molecule has 4 heteroatoms. The average Bonchev–Trinajstić information content (AvgIpc) is 3.10. The highest BCUT2D eigenvalue weighted by molar-refractivity contribution is 5.79. The van der Waals surface area contributed by atoms with Crippen LogP contribution < -0.4 is 9.47 Å². The molecule has 1 heterocycles. The molecular formula is C22H20N2O2. The fourth-order valence-electron chi connectivity index (χ4n) is 2.99. The minimum absolute atomic E-state index is 0.502. The summed E-state index contributed by atoms with van der Waals surface area (Å²) in [6.45, 7) is 2.58. The van der Waals surface area contributed by atoms with E-state index in [9.17, 15) is 0 Å². The van der Waals surface area contributed by atoms with Gasteiger partial charge in [0.1, 0.15) is 12.4 Å². The smallest absolute Gasteiger partial charge is 0.161 e. The van der Waals surface area contributed by atoms with Crippen molar-refractivity contribution in [1.82, 2.24) is 9.97 Å². The number of ether oxygens (including phenoxy) is 2. The lowest BCUT2D eigenvalue weighted by Crippen LogP contribution is -1.98. The molecule has 4 rings (SSSR count). The van der Waals surface area contributed by atoms with Crippen LogP contribution in [-0.2, 0) is 6.61 Å². The Balaban J connectivity index is 1.59. The quantitative estimate of drug-likeness (QED) is 0.546. The fraction of sp³-hybridized carbons (Fsp3) is 0.136. The lowest BCUT2D eigenvalue weighted by Gasteiger charge is -2.12.